The lowest BCUT2D eigenvalue weighted by molar-refractivity contribution is -0.137. The van der Waals surface area contributed by atoms with Crippen molar-refractivity contribution in [3.63, 3.8) is 0 Å². The summed E-state index contributed by atoms with van der Waals surface area (Å²) in [5.41, 5.74) is 0.140. The summed E-state index contributed by atoms with van der Waals surface area (Å²) in [6.07, 6.45) is -3.75. The summed E-state index contributed by atoms with van der Waals surface area (Å²) < 4.78 is 57.8. The van der Waals surface area contributed by atoms with E-state index in [4.69, 9.17) is 16.1 Å². The Morgan fingerprint density at radius 2 is 1.85 bits per heavy atom. The van der Waals surface area contributed by atoms with Crippen molar-refractivity contribution in [3.8, 4) is 22.5 Å². The Balaban J connectivity index is 1.63. The van der Waals surface area contributed by atoms with Crippen LogP contribution in [0.5, 0.6) is 0 Å². The van der Waals surface area contributed by atoms with E-state index in [0.717, 1.165) is 12.3 Å². The standard InChI is InChI=1S/C23H14ClF4N3O2/c1-12-19(21(31-33-12)20-16(24)6-3-7-17(20)25)22(32)30-15-5-2-4-13(10-15)18-9-8-14(11-29-18)23(26,27)28/h2-11H,1H3,(H,30,32). The second-order valence-electron chi connectivity index (χ2n) is 7.02. The largest absolute Gasteiger partial charge is 0.417 e. The fraction of sp³-hybridized carbons (Fsp3) is 0.0870. The van der Waals surface area contributed by atoms with Gasteiger partial charge in [-0.3, -0.25) is 9.78 Å². The van der Waals surface area contributed by atoms with Crippen LogP contribution in [0.4, 0.5) is 23.2 Å². The number of pyridine rings is 1. The number of alkyl halides is 3. The summed E-state index contributed by atoms with van der Waals surface area (Å²) in [6, 6.07) is 12.6. The van der Waals surface area contributed by atoms with Crippen molar-refractivity contribution < 1.29 is 26.9 Å². The molecule has 10 heteroatoms. The van der Waals surface area contributed by atoms with Gasteiger partial charge in [0.2, 0.25) is 0 Å². The second kappa shape index (κ2) is 8.67. The van der Waals surface area contributed by atoms with Gasteiger partial charge in [-0.2, -0.15) is 13.2 Å². The number of carbonyl (C=O) groups is 1. The third kappa shape index (κ3) is 4.58. The Morgan fingerprint density at radius 1 is 1.09 bits per heavy atom. The summed E-state index contributed by atoms with van der Waals surface area (Å²) in [4.78, 5) is 16.9. The summed E-state index contributed by atoms with van der Waals surface area (Å²) in [5.74, 6) is -1.14. The maximum absolute atomic E-state index is 14.4. The lowest BCUT2D eigenvalue weighted by Gasteiger charge is -2.10. The zero-order chi connectivity index (χ0) is 23.8. The van der Waals surface area contributed by atoms with Gasteiger partial charge in [0.1, 0.15) is 22.8 Å². The smallest absolute Gasteiger partial charge is 0.360 e. The minimum atomic E-state index is -4.49. The number of halogens is 5. The molecule has 0 aliphatic carbocycles. The summed E-state index contributed by atoms with van der Waals surface area (Å²) in [5, 5.41) is 6.53. The molecule has 0 saturated carbocycles. The molecule has 2 aromatic heterocycles. The van der Waals surface area contributed by atoms with E-state index in [9.17, 15) is 22.4 Å². The highest BCUT2D eigenvalue weighted by Crippen LogP contribution is 2.34. The number of benzene rings is 2. The van der Waals surface area contributed by atoms with E-state index >= 15 is 0 Å². The zero-order valence-corrected chi connectivity index (χ0v) is 17.6. The summed E-state index contributed by atoms with van der Waals surface area (Å²) in [7, 11) is 0. The van der Waals surface area contributed by atoms with Gasteiger partial charge < -0.3 is 9.84 Å². The van der Waals surface area contributed by atoms with Gasteiger partial charge in [-0.25, -0.2) is 4.39 Å². The third-order valence-corrected chi connectivity index (χ3v) is 5.11. The van der Waals surface area contributed by atoms with Crippen LogP contribution in [0.2, 0.25) is 5.02 Å². The molecule has 0 radical (unpaired) electrons. The van der Waals surface area contributed by atoms with Crippen molar-refractivity contribution in [1.82, 2.24) is 10.1 Å². The number of nitrogens with one attached hydrogen (secondary N) is 1. The van der Waals surface area contributed by atoms with Gasteiger partial charge in [0.25, 0.3) is 5.91 Å². The molecule has 1 N–H and O–H groups in total. The maximum Gasteiger partial charge on any atom is 0.417 e. The molecule has 2 aromatic carbocycles. The second-order valence-corrected chi connectivity index (χ2v) is 7.43. The van der Waals surface area contributed by atoms with Crippen LogP contribution >= 0.6 is 11.6 Å². The topological polar surface area (TPSA) is 68.0 Å². The Bertz CT molecular complexity index is 1310. The lowest BCUT2D eigenvalue weighted by Crippen LogP contribution is -2.14. The number of carbonyl (C=O) groups excluding carboxylic acids is 1. The van der Waals surface area contributed by atoms with Crippen LogP contribution in [0.15, 0.2) is 65.3 Å². The number of amides is 1. The molecule has 4 rings (SSSR count). The average Bonchev–Trinajstić information content (AvgIpc) is 3.14. The van der Waals surface area contributed by atoms with Gasteiger partial charge in [0, 0.05) is 17.4 Å². The lowest BCUT2D eigenvalue weighted by atomic mass is 10.0. The van der Waals surface area contributed by atoms with E-state index in [-0.39, 0.29) is 27.6 Å². The molecule has 0 bridgehead atoms. The Morgan fingerprint density at radius 3 is 2.52 bits per heavy atom. The first-order valence-corrected chi connectivity index (χ1v) is 9.88. The van der Waals surface area contributed by atoms with E-state index < -0.39 is 23.5 Å². The number of anilines is 1. The number of rotatable bonds is 4. The summed E-state index contributed by atoms with van der Waals surface area (Å²) >= 11 is 6.11. The van der Waals surface area contributed by atoms with E-state index in [1.165, 1.54) is 31.2 Å². The minimum absolute atomic E-state index is 0.0000539. The van der Waals surface area contributed by atoms with Gasteiger partial charge in [0.05, 0.1) is 21.8 Å². The molecule has 0 aliphatic rings. The van der Waals surface area contributed by atoms with Crippen molar-refractivity contribution in [1.29, 1.82) is 0 Å². The van der Waals surface area contributed by atoms with Crippen molar-refractivity contribution >= 4 is 23.2 Å². The molecule has 1 amide bonds. The Labute approximate surface area is 190 Å². The minimum Gasteiger partial charge on any atom is -0.360 e. The fourth-order valence-corrected chi connectivity index (χ4v) is 3.47. The monoisotopic (exact) mass is 475 g/mol. The highest BCUT2D eigenvalue weighted by atomic mass is 35.5. The fourth-order valence-electron chi connectivity index (χ4n) is 3.22. The van der Waals surface area contributed by atoms with Crippen molar-refractivity contribution in [2.24, 2.45) is 0 Å². The van der Waals surface area contributed by atoms with Gasteiger partial charge in [-0.1, -0.05) is 35.0 Å². The number of hydrogen-bond acceptors (Lipinski definition) is 4. The average molecular weight is 476 g/mol. The molecule has 0 spiro atoms. The number of aryl methyl sites for hydroxylation is 1. The predicted octanol–water partition coefficient (Wildman–Crippen LogP) is 6.78. The van der Waals surface area contributed by atoms with Gasteiger partial charge in [-0.05, 0) is 43.3 Å². The van der Waals surface area contributed by atoms with E-state index in [1.54, 1.807) is 24.3 Å². The molecule has 0 fully saturated rings. The molecule has 4 aromatic rings. The van der Waals surface area contributed by atoms with E-state index in [1.807, 2.05) is 0 Å². The SMILES string of the molecule is Cc1onc(-c2c(F)cccc2Cl)c1C(=O)Nc1cccc(-c2ccc(C(F)(F)F)cn2)c1. The van der Waals surface area contributed by atoms with Crippen LogP contribution in [0.25, 0.3) is 22.5 Å². The van der Waals surface area contributed by atoms with Crippen molar-refractivity contribution in [3.05, 3.63) is 88.5 Å². The molecule has 33 heavy (non-hydrogen) atoms. The molecule has 2 heterocycles. The van der Waals surface area contributed by atoms with Crippen LogP contribution < -0.4 is 5.32 Å². The quantitative estimate of drug-likeness (QED) is 0.330. The molecule has 0 aliphatic heterocycles. The van der Waals surface area contributed by atoms with Crippen LogP contribution in [-0.4, -0.2) is 16.0 Å². The van der Waals surface area contributed by atoms with Gasteiger partial charge in [-0.15, -0.1) is 0 Å². The first-order valence-electron chi connectivity index (χ1n) is 9.51. The van der Waals surface area contributed by atoms with Gasteiger partial charge >= 0.3 is 6.18 Å². The molecule has 168 valence electrons. The molecule has 0 atom stereocenters. The highest BCUT2D eigenvalue weighted by Gasteiger charge is 2.30. The first kappa shape index (κ1) is 22.5. The first-order chi connectivity index (χ1) is 15.6. The molecule has 0 saturated heterocycles. The highest BCUT2D eigenvalue weighted by molar-refractivity contribution is 6.33. The van der Waals surface area contributed by atoms with E-state index in [2.05, 4.69) is 15.5 Å². The van der Waals surface area contributed by atoms with Crippen molar-refractivity contribution in [2.45, 2.75) is 13.1 Å². The zero-order valence-electron chi connectivity index (χ0n) is 16.9. The summed E-state index contributed by atoms with van der Waals surface area (Å²) in [6.45, 7) is 1.50. The third-order valence-electron chi connectivity index (χ3n) is 4.80. The van der Waals surface area contributed by atoms with Crippen molar-refractivity contribution in [2.75, 3.05) is 5.32 Å². The van der Waals surface area contributed by atoms with Crippen LogP contribution in [0.1, 0.15) is 21.7 Å². The molecular formula is C23H14ClF4N3O2. The molecule has 5 nitrogen and oxygen atoms in total. The molecular weight excluding hydrogens is 462 g/mol. The predicted molar refractivity (Wildman–Crippen MR) is 114 cm³/mol. The van der Waals surface area contributed by atoms with E-state index in [0.29, 0.717) is 16.9 Å². The molecule has 0 unspecified atom stereocenters. The van der Waals surface area contributed by atoms with Gasteiger partial charge in [0.15, 0.2) is 0 Å². The van der Waals surface area contributed by atoms with Crippen LogP contribution in [-0.2, 0) is 6.18 Å². The Hall–Kier alpha value is -3.72. The normalized spacial score (nSPS) is 11.5. The Kier molecular flexibility index (Phi) is 5.90. The number of nitrogens with zero attached hydrogens (tertiary/aromatic N) is 2. The van der Waals surface area contributed by atoms with Crippen LogP contribution in [0.3, 0.4) is 0 Å². The maximum atomic E-state index is 14.4. The number of aromatic nitrogens is 2. The van der Waals surface area contributed by atoms with Crippen LogP contribution in [0, 0.1) is 12.7 Å². The number of hydrogen-bond donors (Lipinski definition) is 1.